The highest BCUT2D eigenvalue weighted by molar-refractivity contribution is 7.05. The quantitative estimate of drug-likeness (QED) is 0.850. The summed E-state index contributed by atoms with van der Waals surface area (Å²) in [6.45, 7) is 5.10. The fourth-order valence-corrected chi connectivity index (χ4v) is 1.66. The smallest absolute Gasteiger partial charge is 0.408 e. The van der Waals surface area contributed by atoms with Gasteiger partial charge in [-0.25, -0.2) is 14.6 Å². The Bertz CT molecular complexity index is 413. The van der Waals surface area contributed by atoms with Gasteiger partial charge >= 0.3 is 12.1 Å². The Morgan fingerprint density at radius 3 is 2.67 bits per heavy atom. The lowest BCUT2D eigenvalue weighted by Gasteiger charge is -2.21. The van der Waals surface area contributed by atoms with Crippen molar-refractivity contribution in [1.29, 1.82) is 0 Å². The van der Waals surface area contributed by atoms with Crippen LogP contribution in [0, 0.1) is 0 Å². The van der Waals surface area contributed by atoms with Crippen LogP contribution in [-0.4, -0.2) is 38.2 Å². The van der Waals surface area contributed by atoms with Crippen LogP contribution in [0.2, 0.25) is 0 Å². The van der Waals surface area contributed by atoms with E-state index in [1.165, 1.54) is 6.33 Å². The van der Waals surface area contributed by atoms with Gasteiger partial charge in [0.2, 0.25) is 0 Å². The van der Waals surface area contributed by atoms with Gasteiger partial charge in [-0.15, -0.1) is 0 Å². The molecule has 8 heteroatoms. The van der Waals surface area contributed by atoms with Crippen molar-refractivity contribution in [3.05, 3.63) is 11.3 Å². The number of nitrogens with one attached hydrogen (secondary N) is 1. The summed E-state index contributed by atoms with van der Waals surface area (Å²) in [7, 11) is 0. The number of hydrogen-bond donors (Lipinski definition) is 2. The van der Waals surface area contributed by atoms with E-state index in [0.717, 1.165) is 11.5 Å². The highest BCUT2D eigenvalue weighted by Gasteiger charge is 2.25. The number of carboxylic acid groups (broad SMARTS) is 1. The first kappa shape index (κ1) is 14.4. The van der Waals surface area contributed by atoms with Crippen LogP contribution < -0.4 is 5.32 Å². The standard InChI is InChI=1S/C10H15N3O4S/c1-10(2,3)17-9(16)13-6(8(14)15)4-7-11-5-12-18-7/h5-6H,4H2,1-3H3,(H,13,16)(H,14,15). The average Bonchev–Trinajstić information content (AvgIpc) is 2.66. The fourth-order valence-electron chi connectivity index (χ4n) is 1.11. The van der Waals surface area contributed by atoms with Gasteiger partial charge in [0.05, 0.1) is 0 Å². The van der Waals surface area contributed by atoms with Crippen LogP contribution in [0.5, 0.6) is 0 Å². The van der Waals surface area contributed by atoms with Gasteiger partial charge in [-0.3, -0.25) is 0 Å². The van der Waals surface area contributed by atoms with Gasteiger partial charge in [0.15, 0.2) is 0 Å². The number of carbonyl (C=O) groups is 2. The van der Waals surface area contributed by atoms with E-state index in [0.29, 0.717) is 5.01 Å². The molecule has 18 heavy (non-hydrogen) atoms. The van der Waals surface area contributed by atoms with Crippen LogP contribution in [-0.2, 0) is 16.0 Å². The lowest BCUT2D eigenvalue weighted by atomic mass is 10.2. The second-order valence-electron chi connectivity index (χ2n) is 4.58. The Labute approximate surface area is 108 Å². The van der Waals surface area contributed by atoms with Gasteiger partial charge in [0.25, 0.3) is 0 Å². The summed E-state index contributed by atoms with van der Waals surface area (Å²) in [4.78, 5) is 26.4. The molecule has 0 aromatic carbocycles. The maximum atomic E-state index is 11.5. The Morgan fingerprint density at radius 1 is 1.56 bits per heavy atom. The Hall–Kier alpha value is -1.70. The molecule has 1 aromatic rings. The number of nitrogens with zero attached hydrogens (tertiary/aromatic N) is 2. The highest BCUT2D eigenvalue weighted by atomic mass is 32.1. The van der Waals surface area contributed by atoms with Crippen molar-refractivity contribution in [2.24, 2.45) is 0 Å². The molecule has 1 amide bonds. The molecule has 1 heterocycles. The number of alkyl carbamates (subject to hydrolysis) is 1. The van der Waals surface area contributed by atoms with Gasteiger partial charge in [-0.2, -0.15) is 4.37 Å². The number of rotatable bonds is 4. The summed E-state index contributed by atoms with van der Waals surface area (Å²) >= 11 is 1.09. The third kappa shape index (κ3) is 5.09. The molecule has 0 bridgehead atoms. The summed E-state index contributed by atoms with van der Waals surface area (Å²) in [5, 5.41) is 11.8. The third-order valence-electron chi connectivity index (χ3n) is 1.77. The van der Waals surface area contributed by atoms with Crippen molar-refractivity contribution >= 4 is 23.6 Å². The van der Waals surface area contributed by atoms with Crippen LogP contribution in [0.1, 0.15) is 25.8 Å². The van der Waals surface area contributed by atoms with Crippen molar-refractivity contribution < 1.29 is 19.4 Å². The van der Waals surface area contributed by atoms with E-state index in [9.17, 15) is 9.59 Å². The largest absolute Gasteiger partial charge is 0.480 e. The SMILES string of the molecule is CC(C)(C)OC(=O)NC(Cc1ncns1)C(=O)O. The Morgan fingerprint density at radius 2 is 2.22 bits per heavy atom. The predicted molar refractivity (Wildman–Crippen MR) is 64.4 cm³/mol. The number of aliphatic carboxylic acids is 1. The van der Waals surface area contributed by atoms with Crippen molar-refractivity contribution in [2.45, 2.75) is 38.8 Å². The van der Waals surface area contributed by atoms with Crippen LogP contribution in [0.25, 0.3) is 0 Å². The molecule has 1 unspecified atom stereocenters. The molecule has 0 aliphatic rings. The monoisotopic (exact) mass is 273 g/mol. The summed E-state index contributed by atoms with van der Waals surface area (Å²) < 4.78 is 8.76. The van der Waals surface area contributed by atoms with E-state index in [2.05, 4.69) is 14.7 Å². The minimum Gasteiger partial charge on any atom is -0.480 e. The molecule has 1 aromatic heterocycles. The maximum Gasteiger partial charge on any atom is 0.408 e. The van der Waals surface area contributed by atoms with E-state index in [-0.39, 0.29) is 6.42 Å². The predicted octanol–water partition coefficient (Wildman–Crippen LogP) is 1.06. The molecule has 0 fully saturated rings. The van der Waals surface area contributed by atoms with Gasteiger partial charge in [-0.1, -0.05) is 0 Å². The number of carbonyl (C=O) groups excluding carboxylic acids is 1. The molecule has 1 atom stereocenters. The van der Waals surface area contributed by atoms with Gasteiger partial charge in [0, 0.05) is 6.42 Å². The van der Waals surface area contributed by atoms with Crippen LogP contribution >= 0.6 is 11.5 Å². The lowest BCUT2D eigenvalue weighted by molar-refractivity contribution is -0.139. The van der Waals surface area contributed by atoms with Crippen molar-refractivity contribution in [3.63, 3.8) is 0 Å². The molecule has 0 saturated heterocycles. The number of carboxylic acids is 1. The van der Waals surface area contributed by atoms with E-state index < -0.39 is 23.7 Å². The van der Waals surface area contributed by atoms with Crippen molar-refractivity contribution in [2.75, 3.05) is 0 Å². The molecular weight excluding hydrogens is 258 g/mol. The van der Waals surface area contributed by atoms with Crippen LogP contribution in [0.4, 0.5) is 4.79 Å². The number of hydrogen-bond acceptors (Lipinski definition) is 6. The number of ether oxygens (including phenoxy) is 1. The molecule has 2 N–H and O–H groups in total. The van der Waals surface area contributed by atoms with E-state index in [1.54, 1.807) is 20.8 Å². The molecule has 0 saturated carbocycles. The average molecular weight is 273 g/mol. The summed E-state index contributed by atoms with van der Waals surface area (Å²) in [5.74, 6) is -1.14. The van der Waals surface area contributed by atoms with Gasteiger partial charge in [-0.05, 0) is 32.3 Å². The van der Waals surface area contributed by atoms with Crippen molar-refractivity contribution in [3.8, 4) is 0 Å². The second-order valence-corrected chi connectivity index (χ2v) is 5.44. The third-order valence-corrected chi connectivity index (χ3v) is 2.46. The molecule has 7 nitrogen and oxygen atoms in total. The Kier molecular flexibility index (Phi) is 4.60. The van der Waals surface area contributed by atoms with Crippen molar-refractivity contribution in [1.82, 2.24) is 14.7 Å². The summed E-state index contributed by atoms with van der Waals surface area (Å²) in [5.41, 5.74) is -0.671. The van der Waals surface area contributed by atoms with Crippen LogP contribution in [0.3, 0.4) is 0 Å². The van der Waals surface area contributed by atoms with E-state index >= 15 is 0 Å². The van der Waals surface area contributed by atoms with E-state index in [1.807, 2.05) is 0 Å². The molecule has 0 spiro atoms. The molecule has 100 valence electrons. The lowest BCUT2D eigenvalue weighted by Crippen LogP contribution is -2.44. The first-order valence-electron chi connectivity index (χ1n) is 5.26. The maximum absolute atomic E-state index is 11.5. The minimum absolute atomic E-state index is 0.0826. The normalized spacial score (nSPS) is 12.8. The first-order chi connectivity index (χ1) is 8.28. The molecule has 1 rings (SSSR count). The zero-order chi connectivity index (χ0) is 13.8. The molecule has 0 aliphatic carbocycles. The molecule has 0 radical (unpaired) electrons. The van der Waals surface area contributed by atoms with E-state index in [4.69, 9.17) is 9.84 Å². The van der Waals surface area contributed by atoms with Gasteiger partial charge in [0.1, 0.15) is 23.0 Å². The number of amides is 1. The highest BCUT2D eigenvalue weighted by Crippen LogP contribution is 2.08. The summed E-state index contributed by atoms with van der Waals surface area (Å²) in [6, 6.07) is -1.08. The minimum atomic E-state index is -1.14. The zero-order valence-electron chi connectivity index (χ0n) is 10.3. The first-order valence-corrected chi connectivity index (χ1v) is 6.03. The fraction of sp³-hybridized carbons (Fsp3) is 0.600. The Balaban J connectivity index is 2.58. The second kappa shape index (κ2) is 5.76. The molecule has 0 aliphatic heterocycles. The van der Waals surface area contributed by atoms with Crippen LogP contribution in [0.15, 0.2) is 6.33 Å². The van der Waals surface area contributed by atoms with Gasteiger partial charge < -0.3 is 15.2 Å². The molecular formula is C10H15N3O4S. The zero-order valence-corrected chi connectivity index (χ0v) is 11.2. The number of aromatic nitrogens is 2. The summed E-state index contributed by atoms with van der Waals surface area (Å²) in [6.07, 6.45) is 0.658. The topological polar surface area (TPSA) is 101 Å².